The zero-order valence-corrected chi connectivity index (χ0v) is 17.9. The minimum atomic E-state index is -0.514. The molecule has 0 unspecified atom stereocenters. The highest BCUT2D eigenvalue weighted by Crippen LogP contribution is 2.29. The molecular weight excluding hydrogens is 390 g/mol. The van der Waals surface area contributed by atoms with E-state index >= 15 is 0 Å². The number of anilines is 1. The standard InChI is InChI=1S/C25H23N3O3/c1-16-13-20(17(2)28(16)23-7-5-6-8-24(23)31-4)14-21(15-26)25(30)27-22-11-9-19(10-12-22)18(3)29/h5-14H,1-4H3,(H,27,30)/b21-14+. The fraction of sp³-hybridized carbons (Fsp3) is 0.160. The molecule has 1 amide bonds. The average molecular weight is 413 g/mol. The van der Waals surface area contributed by atoms with Crippen LogP contribution in [0.2, 0.25) is 0 Å². The molecular formula is C25H23N3O3. The monoisotopic (exact) mass is 413 g/mol. The number of para-hydroxylation sites is 2. The van der Waals surface area contributed by atoms with Gasteiger partial charge in [0.2, 0.25) is 0 Å². The zero-order valence-electron chi connectivity index (χ0n) is 17.9. The number of amides is 1. The number of ketones is 1. The number of methoxy groups -OCH3 is 1. The summed E-state index contributed by atoms with van der Waals surface area (Å²) in [7, 11) is 1.62. The van der Waals surface area contributed by atoms with Gasteiger partial charge in [0.1, 0.15) is 17.4 Å². The van der Waals surface area contributed by atoms with Gasteiger partial charge in [0.25, 0.3) is 5.91 Å². The molecule has 0 aliphatic carbocycles. The van der Waals surface area contributed by atoms with Gasteiger partial charge in [0, 0.05) is 22.6 Å². The summed E-state index contributed by atoms with van der Waals surface area (Å²) >= 11 is 0. The fourth-order valence-corrected chi connectivity index (χ4v) is 3.41. The molecule has 0 radical (unpaired) electrons. The van der Waals surface area contributed by atoms with Gasteiger partial charge in [-0.05, 0) is 74.9 Å². The Labute approximate surface area is 181 Å². The van der Waals surface area contributed by atoms with E-state index < -0.39 is 5.91 Å². The number of nitrogens with zero attached hydrogens (tertiary/aromatic N) is 2. The Hall–Kier alpha value is -4.11. The first-order chi connectivity index (χ1) is 14.8. The van der Waals surface area contributed by atoms with Crippen molar-refractivity contribution >= 4 is 23.5 Å². The van der Waals surface area contributed by atoms with Gasteiger partial charge in [-0.2, -0.15) is 5.26 Å². The lowest BCUT2D eigenvalue weighted by Crippen LogP contribution is -2.13. The number of aromatic nitrogens is 1. The molecule has 1 N–H and O–H groups in total. The van der Waals surface area contributed by atoms with Crippen LogP contribution in [0.4, 0.5) is 5.69 Å². The molecule has 0 bridgehead atoms. The Kier molecular flexibility index (Phi) is 6.37. The van der Waals surface area contributed by atoms with E-state index in [4.69, 9.17) is 4.74 Å². The van der Waals surface area contributed by atoms with E-state index in [-0.39, 0.29) is 11.4 Å². The smallest absolute Gasteiger partial charge is 0.266 e. The predicted octanol–water partition coefficient (Wildman–Crippen LogP) is 4.85. The molecule has 3 aromatic rings. The molecule has 2 aromatic carbocycles. The second kappa shape index (κ2) is 9.14. The van der Waals surface area contributed by atoms with Gasteiger partial charge in [-0.15, -0.1) is 0 Å². The number of hydrogen-bond acceptors (Lipinski definition) is 4. The van der Waals surface area contributed by atoms with Gasteiger partial charge < -0.3 is 14.6 Å². The first-order valence-electron chi connectivity index (χ1n) is 9.72. The quantitative estimate of drug-likeness (QED) is 0.356. The molecule has 3 rings (SSSR count). The normalized spacial score (nSPS) is 11.0. The number of nitriles is 1. The van der Waals surface area contributed by atoms with E-state index in [1.165, 1.54) is 6.92 Å². The molecule has 156 valence electrons. The molecule has 6 heteroatoms. The van der Waals surface area contributed by atoms with E-state index in [1.807, 2.05) is 54.8 Å². The number of Topliss-reactive ketones (excluding diaryl/α,β-unsaturated/α-hetero) is 1. The molecule has 0 fully saturated rings. The molecule has 0 saturated heterocycles. The third-order valence-electron chi connectivity index (χ3n) is 5.01. The van der Waals surface area contributed by atoms with E-state index in [9.17, 15) is 14.9 Å². The Bertz CT molecular complexity index is 1210. The number of aryl methyl sites for hydroxylation is 1. The van der Waals surface area contributed by atoms with Gasteiger partial charge in [0.05, 0.1) is 12.8 Å². The number of carbonyl (C=O) groups excluding carboxylic acids is 2. The summed E-state index contributed by atoms with van der Waals surface area (Å²) in [5.41, 5.74) is 4.53. The van der Waals surface area contributed by atoms with Crippen molar-refractivity contribution in [2.24, 2.45) is 0 Å². The maximum Gasteiger partial charge on any atom is 0.266 e. The molecule has 0 atom stereocenters. The molecule has 0 aliphatic rings. The lowest BCUT2D eigenvalue weighted by molar-refractivity contribution is -0.112. The number of carbonyl (C=O) groups is 2. The molecule has 31 heavy (non-hydrogen) atoms. The van der Waals surface area contributed by atoms with Crippen LogP contribution in [0.25, 0.3) is 11.8 Å². The highest BCUT2D eigenvalue weighted by Gasteiger charge is 2.16. The number of rotatable bonds is 6. The van der Waals surface area contributed by atoms with Crippen molar-refractivity contribution in [2.75, 3.05) is 12.4 Å². The van der Waals surface area contributed by atoms with Crippen molar-refractivity contribution in [1.82, 2.24) is 4.57 Å². The molecule has 0 spiro atoms. The molecule has 1 heterocycles. The Morgan fingerprint density at radius 3 is 2.39 bits per heavy atom. The fourth-order valence-electron chi connectivity index (χ4n) is 3.41. The maximum absolute atomic E-state index is 12.6. The van der Waals surface area contributed by atoms with Gasteiger partial charge in [-0.1, -0.05) is 12.1 Å². The first-order valence-corrected chi connectivity index (χ1v) is 9.72. The van der Waals surface area contributed by atoms with Crippen LogP contribution in [-0.4, -0.2) is 23.4 Å². The van der Waals surface area contributed by atoms with Gasteiger partial charge in [-0.3, -0.25) is 9.59 Å². The van der Waals surface area contributed by atoms with Crippen LogP contribution in [0.3, 0.4) is 0 Å². The van der Waals surface area contributed by atoms with Crippen molar-refractivity contribution in [3.63, 3.8) is 0 Å². The average Bonchev–Trinajstić information content (AvgIpc) is 3.04. The minimum Gasteiger partial charge on any atom is -0.495 e. The number of hydrogen-bond donors (Lipinski definition) is 1. The summed E-state index contributed by atoms with van der Waals surface area (Å²) in [4.78, 5) is 24.0. The molecule has 1 aromatic heterocycles. The van der Waals surface area contributed by atoms with Crippen molar-refractivity contribution < 1.29 is 14.3 Å². The second-order valence-electron chi connectivity index (χ2n) is 7.09. The Morgan fingerprint density at radius 1 is 1.10 bits per heavy atom. The summed E-state index contributed by atoms with van der Waals surface area (Å²) in [5, 5.41) is 12.3. The number of nitrogens with one attached hydrogen (secondary N) is 1. The third-order valence-corrected chi connectivity index (χ3v) is 5.01. The van der Waals surface area contributed by atoms with Crippen molar-refractivity contribution in [3.05, 3.63) is 82.7 Å². The summed E-state index contributed by atoms with van der Waals surface area (Å²) in [6.07, 6.45) is 1.58. The first kappa shape index (κ1) is 21.6. The van der Waals surface area contributed by atoms with Crippen molar-refractivity contribution in [3.8, 4) is 17.5 Å². The van der Waals surface area contributed by atoms with Crippen LogP contribution in [0, 0.1) is 25.2 Å². The highest BCUT2D eigenvalue weighted by atomic mass is 16.5. The zero-order chi connectivity index (χ0) is 22.5. The van der Waals surface area contributed by atoms with Crippen molar-refractivity contribution in [1.29, 1.82) is 5.26 Å². The topological polar surface area (TPSA) is 84.1 Å². The largest absolute Gasteiger partial charge is 0.495 e. The van der Waals surface area contributed by atoms with Crippen LogP contribution in [-0.2, 0) is 4.79 Å². The lowest BCUT2D eigenvalue weighted by atomic mass is 10.1. The number of benzene rings is 2. The lowest BCUT2D eigenvalue weighted by Gasteiger charge is -2.13. The molecule has 6 nitrogen and oxygen atoms in total. The van der Waals surface area contributed by atoms with E-state index in [1.54, 1.807) is 37.5 Å². The summed E-state index contributed by atoms with van der Waals surface area (Å²) in [6.45, 7) is 5.36. The van der Waals surface area contributed by atoms with Crippen LogP contribution in [0.5, 0.6) is 5.75 Å². The van der Waals surface area contributed by atoms with Crippen LogP contribution in [0.15, 0.2) is 60.2 Å². The minimum absolute atomic E-state index is 0.0177. The third kappa shape index (κ3) is 4.57. The Balaban J connectivity index is 1.91. The van der Waals surface area contributed by atoms with Crippen molar-refractivity contribution in [2.45, 2.75) is 20.8 Å². The summed E-state index contributed by atoms with van der Waals surface area (Å²) in [5.74, 6) is 0.160. The Morgan fingerprint density at radius 2 is 1.77 bits per heavy atom. The summed E-state index contributed by atoms with van der Waals surface area (Å²) in [6, 6.07) is 18.1. The highest BCUT2D eigenvalue weighted by molar-refractivity contribution is 6.10. The van der Waals surface area contributed by atoms with E-state index in [2.05, 4.69) is 5.32 Å². The van der Waals surface area contributed by atoms with Gasteiger partial charge in [0.15, 0.2) is 5.78 Å². The number of ether oxygens (including phenoxy) is 1. The molecule has 0 aliphatic heterocycles. The van der Waals surface area contributed by atoms with Gasteiger partial charge in [-0.25, -0.2) is 0 Å². The predicted molar refractivity (Wildman–Crippen MR) is 120 cm³/mol. The molecule has 0 saturated carbocycles. The van der Waals surface area contributed by atoms with Crippen LogP contribution in [0.1, 0.15) is 34.2 Å². The SMILES string of the molecule is COc1ccccc1-n1c(C)cc(/C=C(\C#N)C(=O)Nc2ccc(C(C)=O)cc2)c1C. The second-order valence-corrected chi connectivity index (χ2v) is 7.09. The van der Waals surface area contributed by atoms with Crippen LogP contribution >= 0.6 is 0 Å². The summed E-state index contributed by atoms with van der Waals surface area (Å²) < 4.78 is 7.50. The van der Waals surface area contributed by atoms with E-state index in [0.29, 0.717) is 11.3 Å². The maximum atomic E-state index is 12.6. The van der Waals surface area contributed by atoms with Gasteiger partial charge >= 0.3 is 0 Å². The van der Waals surface area contributed by atoms with Crippen LogP contribution < -0.4 is 10.1 Å². The van der Waals surface area contributed by atoms with E-state index in [0.717, 1.165) is 28.4 Å².